The van der Waals surface area contributed by atoms with Crippen LogP contribution in [0.4, 0.5) is 5.82 Å². The summed E-state index contributed by atoms with van der Waals surface area (Å²) in [6.45, 7) is 2.26. The molecule has 3 rings (SSSR count). The highest BCUT2D eigenvalue weighted by molar-refractivity contribution is 5.84. The van der Waals surface area contributed by atoms with Crippen LogP contribution in [0.1, 0.15) is 39.0 Å². The molecule has 1 fully saturated rings. The average molecular weight is 246 g/mol. The van der Waals surface area contributed by atoms with Crippen molar-refractivity contribution in [3.8, 4) is 0 Å². The fraction of sp³-hybridized carbons (Fsp3) is 0.615. The smallest absolute Gasteiger partial charge is 0.262 e. The summed E-state index contributed by atoms with van der Waals surface area (Å²) in [5.74, 6) is 1.59. The van der Waals surface area contributed by atoms with Crippen LogP contribution in [-0.4, -0.2) is 21.2 Å². The van der Waals surface area contributed by atoms with Crippen LogP contribution in [0.25, 0.3) is 11.1 Å². The van der Waals surface area contributed by atoms with Crippen molar-refractivity contribution < 1.29 is 4.52 Å². The summed E-state index contributed by atoms with van der Waals surface area (Å²) in [4.78, 5) is 8.37. The summed E-state index contributed by atoms with van der Waals surface area (Å²) in [6, 6.07) is 0.511. The maximum Gasteiger partial charge on any atom is 0.262 e. The van der Waals surface area contributed by atoms with Gasteiger partial charge in [-0.15, -0.1) is 0 Å². The Balaban J connectivity index is 1.84. The first-order chi connectivity index (χ1) is 8.88. The Morgan fingerprint density at radius 3 is 3.11 bits per heavy atom. The molecular weight excluding hydrogens is 228 g/mol. The predicted octanol–water partition coefficient (Wildman–Crippen LogP) is 3.00. The third-order valence-corrected chi connectivity index (χ3v) is 3.92. The van der Waals surface area contributed by atoms with Crippen LogP contribution in [0.2, 0.25) is 0 Å². The van der Waals surface area contributed by atoms with Crippen molar-refractivity contribution in [2.45, 2.75) is 45.1 Å². The molecule has 2 atom stereocenters. The summed E-state index contributed by atoms with van der Waals surface area (Å²) in [5, 5.41) is 8.21. The van der Waals surface area contributed by atoms with Crippen molar-refractivity contribution >= 4 is 16.9 Å². The summed E-state index contributed by atoms with van der Waals surface area (Å²) >= 11 is 0. The van der Waals surface area contributed by atoms with E-state index in [4.69, 9.17) is 4.52 Å². The second-order valence-electron chi connectivity index (χ2n) is 4.97. The zero-order valence-electron chi connectivity index (χ0n) is 10.6. The second kappa shape index (κ2) is 4.92. The first-order valence-corrected chi connectivity index (χ1v) is 6.70. The quantitative estimate of drug-likeness (QED) is 0.901. The zero-order chi connectivity index (χ0) is 12.4. The molecule has 5 heteroatoms. The Morgan fingerprint density at radius 2 is 2.22 bits per heavy atom. The Bertz CT molecular complexity index is 524. The van der Waals surface area contributed by atoms with Crippen LogP contribution in [0.5, 0.6) is 0 Å². The van der Waals surface area contributed by atoms with Gasteiger partial charge in [-0.2, -0.15) is 4.98 Å². The maximum absolute atomic E-state index is 5.06. The second-order valence-corrected chi connectivity index (χ2v) is 4.97. The number of nitrogens with zero attached hydrogens (tertiary/aromatic N) is 3. The van der Waals surface area contributed by atoms with E-state index in [1.807, 2.05) is 0 Å². The van der Waals surface area contributed by atoms with Gasteiger partial charge in [0.2, 0.25) is 0 Å². The minimum Gasteiger partial charge on any atom is -0.366 e. The normalized spacial score (nSPS) is 24.3. The predicted molar refractivity (Wildman–Crippen MR) is 69.3 cm³/mol. The van der Waals surface area contributed by atoms with Gasteiger partial charge in [0.25, 0.3) is 5.71 Å². The van der Waals surface area contributed by atoms with Gasteiger partial charge in [-0.25, -0.2) is 4.98 Å². The van der Waals surface area contributed by atoms with E-state index < -0.39 is 0 Å². The number of rotatable bonds is 3. The monoisotopic (exact) mass is 246 g/mol. The number of nitrogens with one attached hydrogen (secondary N) is 1. The lowest BCUT2D eigenvalue weighted by Gasteiger charge is -2.31. The molecule has 2 aromatic rings. The third-order valence-electron chi connectivity index (χ3n) is 3.92. The fourth-order valence-electron chi connectivity index (χ4n) is 2.87. The largest absolute Gasteiger partial charge is 0.366 e. The van der Waals surface area contributed by atoms with Crippen molar-refractivity contribution in [1.82, 2.24) is 15.1 Å². The van der Waals surface area contributed by atoms with Crippen LogP contribution in [0.15, 0.2) is 17.0 Å². The molecule has 18 heavy (non-hydrogen) atoms. The van der Waals surface area contributed by atoms with Gasteiger partial charge >= 0.3 is 0 Å². The Morgan fingerprint density at radius 1 is 1.33 bits per heavy atom. The van der Waals surface area contributed by atoms with E-state index >= 15 is 0 Å². The van der Waals surface area contributed by atoms with Crippen LogP contribution < -0.4 is 5.32 Å². The van der Waals surface area contributed by atoms with Gasteiger partial charge in [0.05, 0.1) is 6.20 Å². The Hall–Kier alpha value is -1.65. The van der Waals surface area contributed by atoms with Crippen molar-refractivity contribution in [1.29, 1.82) is 0 Å². The van der Waals surface area contributed by atoms with Crippen molar-refractivity contribution in [2.75, 3.05) is 5.32 Å². The van der Waals surface area contributed by atoms with Gasteiger partial charge < -0.3 is 9.84 Å². The van der Waals surface area contributed by atoms with Crippen LogP contribution in [0, 0.1) is 5.92 Å². The molecule has 0 spiro atoms. The van der Waals surface area contributed by atoms with Crippen LogP contribution in [0.3, 0.4) is 0 Å². The third kappa shape index (κ3) is 2.05. The lowest BCUT2D eigenvalue weighted by molar-refractivity contribution is 0.317. The van der Waals surface area contributed by atoms with E-state index in [9.17, 15) is 0 Å². The molecule has 2 heterocycles. The Labute approximate surface area is 106 Å². The molecule has 1 aliphatic rings. The summed E-state index contributed by atoms with van der Waals surface area (Å²) < 4.78 is 5.06. The lowest BCUT2D eigenvalue weighted by Crippen LogP contribution is -2.32. The summed E-state index contributed by atoms with van der Waals surface area (Å²) in [5.41, 5.74) is 0.552. The van der Waals surface area contributed by atoms with E-state index in [1.54, 1.807) is 6.20 Å². The van der Waals surface area contributed by atoms with Gasteiger partial charge in [0.1, 0.15) is 17.5 Å². The van der Waals surface area contributed by atoms with Crippen molar-refractivity contribution in [3.05, 3.63) is 12.5 Å². The molecule has 1 N–H and O–H groups in total. The number of aromatic nitrogens is 3. The number of fused-ring (bicyclic) bond motifs is 1. The molecule has 0 amide bonds. The molecule has 1 saturated carbocycles. The van der Waals surface area contributed by atoms with E-state index in [1.165, 1.54) is 38.4 Å². The van der Waals surface area contributed by atoms with Crippen LogP contribution >= 0.6 is 0 Å². The summed E-state index contributed by atoms with van der Waals surface area (Å²) in [7, 11) is 0. The van der Waals surface area contributed by atoms with Crippen molar-refractivity contribution in [2.24, 2.45) is 5.92 Å². The number of anilines is 1. The zero-order valence-corrected chi connectivity index (χ0v) is 10.6. The van der Waals surface area contributed by atoms with E-state index in [-0.39, 0.29) is 0 Å². The fourth-order valence-corrected chi connectivity index (χ4v) is 2.87. The highest BCUT2D eigenvalue weighted by atomic mass is 16.5. The van der Waals surface area contributed by atoms with E-state index in [2.05, 4.69) is 27.4 Å². The Kier molecular flexibility index (Phi) is 3.13. The van der Waals surface area contributed by atoms with Gasteiger partial charge in [-0.3, -0.25) is 0 Å². The molecule has 0 aromatic carbocycles. The molecule has 2 aromatic heterocycles. The SMILES string of the molecule is CC[C@H]1CCCC[C@H]1Nc1ncnc2oncc12. The molecule has 1 aliphatic carbocycles. The first-order valence-electron chi connectivity index (χ1n) is 6.70. The average Bonchev–Trinajstić information content (AvgIpc) is 2.89. The van der Waals surface area contributed by atoms with Crippen molar-refractivity contribution in [3.63, 3.8) is 0 Å². The molecule has 96 valence electrons. The van der Waals surface area contributed by atoms with Gasteiger partial charge in [-0.05, 0) is 18.8 Å². The highest BCUT2D eigenvalue weighted by Gasteiger charge is 2.24. The molecular formula is C13H18N4O. The molecule has 0 radical (unpaired) electrons. The first kappa shape index (κ1) is 11.4. The minimum absolute atomic E-state index is 0.511. The topological polar surface area (TPSA) is 63.8 Å². The summed E-state index contributed by atoms with van der Waals surface area (Å²) in [6.07, 6.45) is 9.60. The highest BCUT2D eigenvalue weighted by Crippen LogP contribution is 2.30. The molecule has 0 aliphatic heterocycles. The standard InChI is InChI=1S/C13H18N4O/c1-2-9-5-3-4-6-11(9)17-12-10-7-16-18-13(10)15-8-14-12/h7-9,11H,2-6H2,1H3,(H,14,15,17)/t9-,11+/m0/s1. The van der Waals surface area contributed by atoms with Gasteiger partial charge in [-0.1, -0.05) is 31.3 Å². The molecule has 0 bridgehead atoms. The maximum atomic E-state index is 5.06. The number of hydrogen-bond acceptors (Lipinski definition) is 5. The molecule has 0 unspecified atom stereocenters. The number of hydrogen-bond donors (Lipinski definition) is 1. The van der Waals surface area contributed by atoms with Gasteiger partial charge in [0.15, 0.2) is 0 Å². The van der Waals surface area contributed by atoms with E-state index in [0.29, 0.717) is 11.8 Å². The molecule has 0 saturated heterocycles. The molecule has 5 nitrogen and oxygen atoms in total. The minimum atomic E-state index is 0.511. The lowest BCUT2D eigenvalue weighted by atomic mass is 9.83. The van der Waals surface area contributed by atoms with Gasteiger partial charge in [0, 0.05) is 6.04 Å². The van der Waals surface area contributed by atoms with Crippen LogP contribution in [-0.2, 0) is 0 Å². The van der Waals surface area contributed by atoms with E-state index in [0.717, 1.165) is 17.1 Å².